The molecule has 0 radical (unpaired) electrons. The molecule has 0 saturated carbocycles. The molecule has 0 saturated heterocycles. The Morgan fingerprint density at radius 2 is 1.70 bits per heavy atom. The van der Waals surface area contributed by atoms with Gasteiger partial charge in [-0.15, -0.1) is 0 Å². The Morgan fingerprint density at radius 3 is 2.45 bits per heavy atom. The summed E-state index contributed by atoms with van der Waals surface area (Å²) in [6.45, 7) is 1.87. The number of halogens is 1. The molecule has 5 rings (SSSR count). The second-order valence-electron chi connectivity index (χ2n) is 8.55. The van der Waals surface area contributed by atoms with Crippen molar-refractivity contribution in [2.75, 3.05) is 10.2 Å². The topological polar surface area (TPSA) is 49.4 Å². The number of carbonyl (C=O) groups excluding carboxylic acids is 2. The molecule has 2 aliphatic rings. The van der Waals surface area contributed by atoms with E-state index in [1.165, 1.54) is 0 Å². The number of carbonyl (C=O) groups is 2. The largest absolute Gasteiger partial charge is 0.357 e. The van der Waals surface area contributed by atoms with Crippen molar-refractivity contribution in [1.29, 1.82) is 0 Å². The zero-order valence-electron chi connectivity index (χ0n) is 18.4. The number of benzene rings is 3. The van der Waals surface area contributed by atoms with Crippen molar-refractivity contribution in [3.63, 3.8) is 0 Å². The Balaban J connectivity index is 1.72. The van der Waals surface area contributed by atoms with Gasteiger partial charge in [-0.25, -0.2) is 0 Å². The van der Waals surface area contributed by atoms with Gasteiger partial charge in [0.15, 0.2) is 5.78 Å². The summed E-state index contributed by atoms with van der Waals surface area (Å²) < 4.78 is 0.918. The maximum absolute atomic E-state index is 13.8. The lowest BCUT2D eigenvalue weighted by Crippen LogP contribution is -2.38. The Kier molecular flexibility index (Phi) is 5.90. The van der Waals surface area contributed by atoms with Crippen LogP contribution in [-0.2, 0) is 9.59 Å². The van der Waals surface area contributed by atoms with Gasteiger partial charge >= 0.3 is 0 Å². The molecule has 1 amide bonds. The second kappa shape index (κ2) is 8.99. The van der Waals surface area contributed by atoms with E-state index >= 15 is 0 Å². The van der Waals surface area contributed by atoms with Gasteiger partial charge in [0, 0.05) is 28.6 Å². The van der Waals surface area contributed by atoms with Crippen LogP contribution in [-0.4, -0.2) is 11.7 Å². The normalized spacial score (nSPS) is 19.9. The molecule has 4 nitrogen and oxygen atoms in total. The number of hydrogen-bond acceptors (Lipinski definition) is 3. The van der Waals surface area contributed by atoms with Crippen LogP contribution in [0.4, 0.5) is 11.4 Å². The lowest BCUT2D eigenvalue weighted by Gasteiger charge is -2.35. The quantitative estimate of drug-likeness (QED) is 0.432. The van der Waals surface area contributed by atoms with E-state index in [1.54, 1.807) is 0 Å². The number of allylic oxidation sites excluding steroid dienone is 1. The van der Waals surface area contributed by atoms with Crippen LogP contribution >= 0.6 is 15.9 Å². The third kappa shape index (κ3) is 4.02. The molecule has 0 spiro atoms. The summed E-state index contributed by atoms with van der Waals surface area (Å²) in [4.78, 5) is 29.0. The maximum atomic E-state index is 13.8. The molecule has 5 heteroatoms. The third-order valence-electron chi connectivity index (χ3n) is 6.50. The van der Waals surface area contributed by atoms with E-state index in [0.717, 1.165) is 39.1 Å². The lowest BCUT2D eigenvalue weighted by molar-refractivity contribution is -0.119. The molecule has 0 bridgehead atoms. The van der Waals surface area contributed by atoms with Crippen LogP contribution in [0.25, 0.3) is 0 Å². The van der Waals surface area contributed by atoms with Crippen LogP contribution in [0.3, 0.4) is 0 Å². The minimum absolute atomic E-state index is 0.0130. The fourth-order valence-corrected chi connectivity index (χ4v) is 5.41. The van der Waals surface area contributed by atoms with Crippen LogP contribution in [0, 0.1) is 0 Å². The van der Waals surface area contributed by atoms with Gasteiger partial charge in [-0.1, -0.05) is 77.5 Å². The summed E-state index contributed by atoms with van der Waals surface area (Å²) >= 11 is 3.58. The molecule has 33 heavy (non-hydrogen) atoms. The van der Waals surface area contributed by atoms with Gasteiger partial charge in [-0.3, -0.25) is 14.5 Å². The number of anilines is 2. The number of Topliss-reactive ketones (excluding diaryl/α,β-unsaturated/α-hetero) is 1. The van der Waals surface area contributed by atoms with Gasteiger partial charge in [0.25, 0.3) is 0 Å². The first-order valence-corrected chi connectivity index (χ1v) is 12.1. The standard InChI is InChI=1S/C28H25BrN2O2/c1-2-26(33)31-24-14-7-6-13-22(24)30-23-16-20(18-9-4-3-5-10-18)17-25(32)27(23)28(31)19-11-8-12-21(29)15-19/h3-15,20,28,30H,2,16-17H2,1H3. The highest BCUT2D eigenvalue weighted by Crippen LogP contribution is 2.47. The third-order valence-corrected chi connectivity index (χ3v) is 6.99. The highest BCUT2D eigenvalue weighted by molar-refractivity contribution is 9.10. The van der Waals surface area contributed by atoms with Crippen molar-refractivity contribution in [1.82, 2.24) is 0 Å². The SMILES string of the molecule is CCC(=O)N1c2ccccc2NC2=C(C(=O)CC(c3ccccc3)C2)C1c1cccc(Br)c1. The number of rotatable bonds is 3. The van der Waals surface area contributed by atoms with E-state index in [2.05, 4.69) is 33.4 Å². The smallest absolute Gasteiger partial charge is 0.227 e. The maximum Gasteiger partial charge on any atom is 0.227 e. The summed E-state index contributed by atoms with van der Waals surface area (Å²) in [5, 5.41) is 3.57. The predicted molar refractivity (Wildman–Crippen MR) is 135 cm³/mol. The van der Waals surface area contributed by atoms with Crippen molar-refractivity contribution in [3.05, 3.63) is 106 Å². The summed E-state index contributed by atoms with van der Waals surface area (Å²) in [6.07, 6.45) is 1.50. The number of para-hydroxylation sites is 2. The number of ketones is 1. The summed E-state index contributed by atoms with van der Waals surface area (Å²) in [7, 11) is 0. The summed E-state index contributed by atoms with van der Waals surface area (Å²) in [5.41, 5.74) is 5.33. The number of hydrogen-bond donors (Lipinski definition) is 1. The summed E-state index contributed by atoms with van der Waals surface area (Å²) in [5.74, 6) is 0.180. The molecular weight excluding hydrogens is 476 g/mol. The van der Waals surface area contributed by atoms with Crippen LogP contribution in [0.15, 0.2) is 94.6 Å². The monoisotopic (exact) mass is 500 g/mol. The fourth-order valence-electron chi connectivity index (χ4n) is 4.99. The Hall–Kier alpha value is -3.18. The molecule has 3 aromatic rings. The minimum atomic E-state index is -0.481. The first-order chi connectivity index (χ1) is 16.1. The van der Waals surface area contributed by atoms with E-state index in [1.807, 2.05) is 78.6 Å². The van der Waals surface area contributed by atoms with Gasteiger partial charge in [-0.2, -0.15) is 0 Å². The van der Waals surface area contributed by atoms with Gasteiger partial charge in [0.05, 0.1) is 17.4 Å². The molecule has 0 fully saturated rings. The van der Waals surface area contributed by atoms with Crippen molar-refractivity contribution in [2.24, 2.45) is 0 Å². The van der Waals surface area contributed by atoms with Gasteiger partial charge in [0.2, 0.25) is 5.91 Å². The van der Waals surface area contributed by atoms with Crippen molar-refractivity contribution < 1.29 is 9.59 Å². The Morgan fingerprint density at radius 1 is 0.970 bits per heavy atom. The van der Waals surface area contributed by atoms with Crippen molar-refractivity contribution in [2.45, 2.75) is 38.1 Å². The molecule has 0 aromatic heterocycles. The zero-order chi connectivity index (χ0) is 22.9. The van der Waals surface area contributed by atoms with Gasteiger partial charge < -0.3 is 5.32 Å². The number of nitrogens with one attached hydrogen (secondary N) is 1. The molecule has 166 valence electrons. The van der Waals surface area contributed by atoms with Crippen LogP contribution in [0.1, 0.15) is 49.3 Å². The summed E-state index contributed by atoms with van der Waals surface area (Å²) in [6, 6.07) is 25.5. The molecule has 1 aliphatic carbocycles. The first kappa shape index (κ1) is 21.7. The van der Waals surface area contributed by atoms with Crippen molar-refractivity contribution >= 4 is 39.0 Å². The average Bonchev–Trinajstić information content (AvgIpc) is 2.98. The van der Waals surface area contributed by atoms with Crippen molar-refractivity contribution in [3.8, 4) is 0 Å². The van der Waals surface area contributed by atoms with Gasteiger partial charge in [-0.05, 0) is 47.7 Å². The molecule has 1 aliphatic heterocycles. The minimum Gasteiger partial charge on any atom is -0.357 e. The van der Waals surface area contributed by atoms with E-state index in [9.17, 15) is 9.59 Å². The molecule has 1 heterocycles. The van der Waals surface area contributed by atoms with Crippen LogP contribution in [0.5, 0.6) is 0 Å². The second-order valence-corrected chi connectivity index (χ2v) is 9.46. The van der Waals surface area contributed by atoms with E-state index < -0.39 is 6.04 Å². The molecule has 2 unspecified atom stereocenters. The number of amides is 1. The number of fused-ring (bicyclic) bond motifs is 1. The fraction of sp³-hybridized carbons (Fsp3) is 0.214. The van der Waals surface area contributed by atoms with Crippen LogP contribution < -0.4 is 10.2 Å². The molecular formula is C28H25BrN2O2. The van der Waals surface area contributed by atoms with Crippen LogP contribution in [0.2, 0.25) is 0 Å². The molecule has 1 N–H and O–H groups in total. The number of nitrogens with zero attached hydrogens (tertiary/aromatic N) is 1. The Labute approximate surface area is 202 Å². The first-order valence-electron chi connectivity index (χ1n) is 11.3. The zero-order valence-corrected chi connectivity index (χ0v) is 20.0. The van der Waals surface area contributed by atoms with E-state index in [-0.39, 0.29) is 17.6 Å². The highest BCUT2D eigenvalue weighted by atomic mass is 79.9. The van der Waals surface area contributed by atoms with E-state index in [0.29, 0.717) is 18.4 Å². The average molecular weight is 501 g/mol. The van der Waals surface area contributed by atoms with Gasteiger partial charge in [0.1, 0.15) is 0 Å². The highest BCUT2D eigenvalue weighted by Gasteiger charge is 2.41. The molecule has 2 atom stereocenters. The Bertz CT molecular complexity index is 1250. The van der Waals surface area contributed by atoms with E-state index in [4.69, 9.17) is 0 Å². The lowest BCUT2D eigenvalue weighted by atomic mass is 9.78. The predicted octanol–water partition coefficient (Wildman–Crippen LogP) is 6.76. The molecule has 3 aromatic carbocycles.